The van der Waals surface area contributed by atoms with Crippen LogP contribution in [0.15, 0.2) is 48.7 Å². The van der Waals surface area contributed by atoms with E-state index in [0.29, 0.717) is 47.5 Å². The molecule has 3 aromatic rings. The number of aromatic amines is 1. The summed E-state index contributed by atoms with van der Waals surface area (Å²) in [5.74, 6) is -1.15. The fraction of sp³-hybridized carbons (Fsp3) is 0.304. The highest BCUT2D eigenvalue weighted by atomic mass is 35.5. The highest BCUT2D eigenvalue weighted by Gasteiger charge is 2.30. The zero-order chi connectivity index (χ0) is 23.6. The van der Waals surface area contributed by atoms with Crippen LogP contribution in [0, 0.1) is 0 Å². The summed E-state index contributed by atoms with van der Waals surface area (Å²) in [6.45, 7) is 0. The molecule has 4 rings (SSSR count). The van der Waals surface area contributed by atoms with Crippen LogP contribution in [0.2, 0.25) is 5.02 Å². The Morgan fingerprint density at radius 3 is 2.36 bits per heavy atom. The van der Waals surface area contributed by atoms with Crippen LogP contribution in [0.4, 0.5) is 18.9 Å². The first-order chi connectivity index (χ1) is 15.7. The first-order valence-electron chi connectivity index (χ1n) is 10.4. The zero-order valence-electron chi connectivity index (χ0n) is 17.3. The average molecular weight is 480 g/mol. The molecule has 6 nitrogen and oxygen atoms in total. The van der Waals surface area contributed by atoms with E-state index in [-0.39, 0.29) is 12.1 Å². The number of fused-ring (bicyclic) bond motifs is 1. The molecule has 0 saturated heterocycles. The number of anilines is 1. The standard InChI is InChI=1S/C23H21ClF3N3O3/c24-14-3-10-19-18(11-14)20(12-28-19)30-22(32)21(31)29-15-4-8-17(9-5-15)33-16-6-1-13(2-7-16)23(25,26)27/h1-3,6-7,10-12,15,17,28H,4-5,8-9H2,(H,29,31)(H,30,32). The number of carbonyl (C=O) groups excluding carboxylic acids is 2. The molecule has 0 atom stereocenters. The molecule has 3 N–H and O–H groups in total. The van der Waals surface area contributed by atoms with Gasteiger partial charge in [0.1, 0.15) is 5.75 Å². The quantitative estimate of drug-likeness (QED) is 0.445. The number of hydrogen-bond donors (Lipinski definition) is 3. The summed E-state index contributed by atoms with van der Waals surface area (Å²) in [7, 11) is 0. The predicted octanol–water partition coefficient (Wildman–Crippen LogP) is 5.29. The fourth-order valence-electron chi connectivity index (χ4n) is 3.87. The van der Waals surface area contributed by atoms with Gasteiger partial charge in [0.25, 0.3) is 0 Å². The van der Waals surface area contributed by atoms with Gasteiger partial charge in [0.2, 0.25) is 0 Å². The maximum absolute atomic E-state index is 12.7. The number of carbonyl (C=O) groups is 2. The lowest BCUT2D eigenvalue weighted by Crippen LogP contribution is -2.44. The molecule has 0 spiro atoms. The van der Waals surface area contributed by atoms with Crippen molar-refractivity contribution in [3.63, 3.8) is 0 Å². The normalized spacial score (nSPS) is 18.7. The minimum atomic E-state index is -4.39. The van der Waals surface area contributed by atoms with Crippen LogP contribution in [0.1, 0.15) is 31.2 Å². The van der Waals surface area contributed by atoms with E-state index < -0.39 is 23.6 Å². The van der Waals surface area contributed by atoms with Gasteiger partial charge in [-0.3, -0.25) is 9.59 Å². The molecule has 1 aromatic heterocycles. The molecular formula is C23H21ClF3N3O3. The SMILES string of the molecule is O=C(Nc1c[nH]c2ccc(Cl)cc12)C(=O)NC1CCC(Oc2ccc(C(F)(F)F)cc2)CC1. The molecule has 1 fully saturated rings. The molecule has 174 valence electrons. The van der Waals surface area contributed by atoms with Crippen molar-refractivity contribution in [3.8, 4) is 5.75 Å². The Bertz CT molecular complexity index is 1150. The van der Waals surface area contributed by atoms with Crippen molar-refractivity contribution in [2.24, 2.45) is 0 Å². The van der Waals surface area contributed by atoms with E-state index in [9.17, 15) is 22.8 Å². The van der Waals surface area contributed by atoms with Crippen molar-refractivity contribution in [3.05, 3.63) is 59.2 Å². The lowest BCUT2D eigenvalue weighted by atomic mass is 9.93. The Balaban J connectivity index is 1.25. The number of nitrogens with one attached hydrogen (secondary N) is 3. The Morgan fingerprint density at radius 1 is 1.00 bits per heavy atom. The Labute approximate surface area is 192 Å². The Hall–Kier alpha value is -3.20. The number of alkyl halides is 3. The first-order valence-corrected chi connectivity index (χ1v) is 10.8. The maximum Gasteiger partial charge on any atom is 0.416 e. The number of H-pyrrole nitrogens is 1. The molecular weight excluding hydrogens is 459 g/mol. The van der Waals surface area contributed by atoms with Crippen molar-refractivity contribution in [1.82, 2.24) is 10.3 Å². The van der Waals surface area contributed by atoms with Gasteiger partial charge in [0.15, 0.2) is 0 Å². The number of rotatable bonds is 4. The van der Waals surface area contributed by atoms with Crippen LogP contribution < -0.4 is 15.4 Å². The number of aromatic nitrogens is 1. The summed E-state index contributed by atoms with van der Waals surface area (Å²) < 4.78 is 43.8. The number of benzene rings is 2. The van der Waals surface area contributed by atoms with Gasteiger partial charge in [-0.25, -0.2) is 0 Å². The van der Waals surface area contributed by atoms with Crippen LogP contribution in [0.3, 0.4) is 0 Å². The smallest absolute Gasteiger partial charge is 0.416 e. The largest absolute Gasteiger partial charge is 0.490 e. The summed E-state index contributed by atoms with van der Waals surface area (Å²) in [5.41, 5.74) is 0.512. The van der Waals surface area contributed by atoms with Crippen molar-refractivity contribution < 1.29 is 27.5 Å². The van der Waals surface area contributed by atoms with Gasteiger partial charge >= 0.3 is 18.0 Å². The summed E-state index contributed by atoms with van der Waals surface area (Å²) in [6.07, 6.45) is -0.568. The molecule has 0 bridgehead atoms. The third kappa shape index (κ3) is 5.60. The van der Waals surface area contributed by atoms with Gasteiger partial charge in [-0.05, 0) is 68.1 Å². The zero-order valence-corrected chi connectivity index (χ0v) is 18.1. The van der Waals surface area contributed by atoms with Crippen LogP contribution in [0.5, 0.6) is 5.75 Å². The van der Waals surface area contributed by atoms with Crippen molar-refractivity contribution >= 4 is 40.0 Å². The van der Waals surface area contributed by atoms with Gasteiger partial charge in [0.05, 0.1) is 17.4 Å². The molecule has 1 aliphatic carbocycles. The van der Waals surface area contributed by atoms with Gasteiger partial charge in [0, 0.05) is 28.2 Å². The van der Waals surface area contributed by atoms with E-state index in [2.05, 4.69) is 15.6 Å². The number of ether oxygens (including phenoxy) is 1. The summed E-state index contributed by atoms with van der Waals surface area (Å²) >= 11 is 6.00. The summed E-state index contributed by atoms with van der Waals surface area (Å²) in [4.78, 5) is 27.7. The molecule has 0 radical (unpaired) electrons. The lowest BCUT2D eigenvalue weighted by Gasteiger charge is -2.29. The van der Waals surface area contributed by atoms with Crippen LogP contribution >= 0.6 is 11.6 Å². The second-order valence-electron chi connectivity index (χ2n) is 7.93. The average Bonchev–Trinajstić information content (AvgIpc) is 3.16. The second-order valence-corrected chi connectivity index (χ2v) is 8.37. The number of hydrogen-bond acceptors (Lipinski definition) is 3. The van der Waals surface area contributed by atoms with Gasteiger partial charge in [-0.1, -0.05) is 11.6 Å². The summed E-state index contributed by atoms with van der Waals surface area (Å²) in [5, 5.41) is 6.53. The summed E-state index contributed by atoms with van der Waals surface area (Å²) in [6, 6.07) is 9.59. The number of amides is 2. The Kier molecular flexibility index (Phi) is 6.51. The van der Waals surface area contributed by atoms with E-state index >= 15 is 0 Å². The van der Waals surface area contributed by atoms with Gasteiger partial charge in [-0.2, -0.15) is 13.2 Å². The second kappa shape index (κ2) is 9.35. The highest BCUT2D eigenvalue weighted by molar-refractivity contribution is 6.40. The maximum atomic E-state index is 12.7. The van der Waals surface area contributed by atoms with E-state index in [1.165, 1.54) is 12.1 Å². The van der Waals surface area contributed by atoms with E-state index in [1.807, 2.05) is 0 Å². The van der Waals surface area contributed by atoms with Crippen LogP contribution in [-0.4, -0.2) is 28.9 Å². The van der Waals surface area contributed by atoms with Crippen LogP contribution in [0.25, 0.3) is 10.9 Å². The molecule has 0 unspecified atom stereocenters. The molecule has 10 heteroatoms. The van der Waals surface area contributed by atoms with Gasteiger partial charge < -0.3 is 20.4 Å². The van der Waals surface area contributed by atoms with Crippen molar-refractivity contribution in [1.29, 1.82) is 0 Å². The molecule has 2 aromatic carbocycles. The molecule has 0 aliphatic heterocycles. The highest BCUT2D eigenvalue weighted by Crippen LogP contribution is 2.31. The monoisotopic (exact) mass is 479 g/mol. The molecule has 2 amide bonds. The van der Waals surface area contributed by atoms with Crippen molar-refractivity contribution in [2.75, 3.05) is 5.32 Å². The third-order valence-electron chi connectivity index (χ3n) is 5.59. The molecule has 1 saturated carbocycles. The molecule has 1 aliphatic rings. The molecule has 1 heterocycles. The predicted molar refractivity (Wildman–Crippen MR) is 118 cm³/mol. The van der Waals surface area contributed by atoms with Crippen molar-refractivity contribution in [2.45, 2.75) is 44.0 Å². The minimum absolute atomic E-state index is 0.167. The first kappa shape index (κ1) is 23.0. The molecule has 33 heavy (non-hydrogen) atoms. The van der Waals surface area contributed by atoms with Gasteiger partial charge in [-0.15, -0.1) is 0 Å². The van der Waals surface area contributed by atoms with Crippen LogP contribution in [-0.2, 0) is 15.8 Å². The van der Waals surface area contributed by atoms with E-state index in [1.54, 1.807) is 24.4 Å². The van der Waals surface area contributed by atoms with E-state index in [0.717, 1.165) is 17.6 Å². The third-order valence-corrected chi connectivity index (χ3v) is 5.83. The lowest BCUT2D eigenvalue weighted by molar-refractivity contribution is -0.137. The topological polar surface area (TPSA) is 83.2 Å². The fourth-order valence-corrected chi connectivity index (χ4v) is 4.04. The Morgan fingerprint density at radius 2 is 1.70 bits per heavy atom. The minimum Gasteiger partial charge on any atom is -0.490 e. The number of halogens is 4. The van der Waals surface area contributed by atoms with E-state index in [4.69, 9.17) is 16.3 Å².